The van der Waals surface area contributed by atoms with Gasteiger partial charge in [-0.2, -0.15) is 0 Å². The normalized spacial score (nSPS) is 17.9. The number of carbonyl (C=O) groups is 3. The van der Waals surface area contributed by atoms with Gasteiger partial charge in [-0.1, -0.05) is 12.7 Å². The summed E-state index contributed by atoms with van der Waals surface area (Å²) >= 11 is 0. The van der Waals surface area contributed by atoms with Gasteiger partial charge >= 0.3 is 18.2 Å². The molecule has 1 aliphatic heterocycles. The lowest BCUT2D eigenvalue weighted by Gasteiger charge is -2.06. The summed E-state index contributed by atoms with van der Waals surface area (Å²) in [5.41, 5.74) is 0. The minimum atomic E-state index is -0.698. The van der Waals surface area contributed by atoms with Crippen LogP contribution in [0.15, 0.2) is 12.7 Å². The van der Waals surface area contributed by atoms with Crippen LogP contribution in [0.2, 0.25) is 0 Å². The van der Waals surface area contributed by atoms with Crippen molar-refractivity contribution in [3.05, 3.63) is 12.7 Å². The second-order valence-corrected chi connectivity index (χ2v) is 3.72. The smallest absolute Gasteiger partial charge is 0.415 e. The van der Waals surface area contributed by atoms with Crippen LogP contribution in [-0.2, 0) is 14.3 Å². The third kappa shape index (κ3) is 4.86. The summed E-state index contributed by atoms with van der Waals surface area (Å²) in [6, 6.07) is -0.565. The van der Waals surface area contributed by atoms with Crippen molar-refractivity contribution in [2.24, 2.45) is 0 Å². The minimum absolute atomic E-state index is 0.172. The Balaban J connectivity index is 2.02. The van der Waals surface area contributed by atoms with Gasteiger partial charge in [0.05, 0.1) is 0 Å². The zero-order valence-electron chi connectivity index (χ0n) is 9.94. The number of nitrogens with one attached hydrogen (secondary N) is 2. The summed E-state index contributed by atoms with van der Waals surface area (Å²) in [6.45, 7) is 4.04. The number of rotatable bonds is 7. The number of hydrogen-bond donors (Lipinski definition) is 2. The van der Waals surface area contributed by atoms with Crippen LogP contribution >= 0.6 is 0 Å². The molecule has 7 nitrogen and oxygen atoms in total. The fraction of sp³-hybridized carbons (Fsp3) is 0.545. The van der Waals surface area contributed by atoms with Gasteiger partial charge in [0.2, 0.25) is 0 Å². The van der Waals surface area contributed by atoms with Crippen LogP contribution in [0.3, 0.4) is 0 Å². The van der Waals surface area contributed by atoms with Crippen LogP contribution in [0.5, 0.6) is 0 Å². The van der Waals surface area contributed by atoms with E-state index in [-0.39, 0.29) is 6.61 Å². The number of unbranched alkanes of at least 4 members (excludes halogenated alkanes) is 1. The molecule has 0 saturated carbocycles. The van der Waals surface area contributed by atoms with E-state index in [0.717, 1.165) is 0 Å². The van der Waals surface area contributed by atoms with E-state index >= 15 is 0 Å². The molecule has 0 aromatic heterocycles. The Bertz CT molecular complexity index is 342. The van der Waals surface area contributed by atoms with Gasteiger partial charge in [0.15, 0.2) is 0 Å². The molecule has 2 N–H and O–H groups in total. The highest BCUT2D eigenvalue weighted by molar-refractivity contribution is 5.95. The predicted molar refractivity (Wildman–Crippen MR) is 61.8 cm³/mol. The molecule has 1 heterocycles. The largest absolute Gasteiger partial charge is 0.445 e. The minimum Gasteiger partial charge on any atom is -0.445 e. The SMILES string of the molecule is C=CCOC(=O)NCCCC[C@@H]1NC(=O)OC1=O. The first kappa shape index (κ1) is 14.0. The molecule has 1 aliphatic rings. The molecule has 0 aromatic rings. The number of alkyl carbamates (subject to hydrolysis) is 2. The van der Waals surface area contributed by atoms with E-state index in [9.17, 15) is 14.4 Å². The number of cyclic esters (lactones) is 2. The monoisotopic (exact) mass is 256 g/mol. The van der Waals surface area contributed by atoms with Gasteiger partial charge in [-0.05, 0) is 19.3 Å². The number of carbonyl (C=O) groups excluding carboxylic acids is 3. The van der Waals surface area contributed by atoms with E-state index in [4.69, 9.17) is 4.74 Å². The van der Waals surface area contributed by atoms with Crippen molar-refractivity contribution in [3.8, 4) is 0 Å². The predicted octanol–water partition coefficient (Wildman–Crippen LogP) is 0.704. The highest BCUT2D eigenvalue weighted by Gasteiger charge is 2.31. The molecule has 1 atom stereocenters. The van der Waals surface area contributed by atoms with Gasteiger partial charge in [-0.3, -0.25) is 0 Å². The zero-order valence-corrected chi connectivity index (χ0v) is 9.94. The lowest BCUT2D eigenvalue weighted by Crippen LogP contribution is -2.29. The van der Waals surface area contributed by atoms with Crippen molar-refractivity contribution in [1.82, 2.24) is 10.6 Å². The van der Waals surface area contributed by atoms with Gasteiger partial charge in [0, 0.05) is 6.54 Å². The van der Waals surface area contributed by atoms with Gasteiger partial charge < -0.3 is 20.1 Å². The first-order valence-electron chi connectivity index (χ1n) is 5.67. The van der Waals surface area contributed by atoms with E-state index < -0.39 is 24.2 Å². The molecule has 100 valence electrons. The van der Waals surface area contributed by atoms with Crippen LogP contribution in [0.1, 0.15) is 19.3 Å². The van der Waals surface area contributed by atoms with Gasteiger partial charge in [-0.25, -0.2) is 14.4 Å². The van der Waals surface area contributed by atoms with Crippen LogP contribution in [0.25, 0.3) is 0 Å². The summed E-state index contributed by atoms with van der Waals surface area (Å²) < 4.78 is 9.03. The second-order valence-electron chi connectivity index (χ2n) is 3.72. The molecule has 0 bridgehead atoms. The summed E-state index contributed by atoms with van der Waals surface area (Å²) in [4.78, 5) is 32.8. The molecule has 7 heteroatoms. The maximum Gasteiger partial charge on any atom is 0.415 e. The van der Waals surface area contributed by atoms with Crippen LogP contribution in [0.4, 0.5) is 9.59 Å². The molecule has 2 amide bonds. The highest BCUT2D eigenvalue weighted by atomic mass is 16.6. The fourth-order valence-corrected chi connectivity index (χ4v) is 1.43. The summed E-state index contributed by atoms with van der Waals surface area (Å²) in [5, 5.41) is 4.95. The first-order chi connectivity index (χ1) is 8.63. The van der Waals surface area contributed by atoms with E-state index in [0.29, 0.717) is 25.8 Å². The van der Waals surface area contributed by atoms with Crippen molar-refractivity contribution < 1.29 is 23.9 Å². The molecule has 1 fully saturated rings. The number of amides is 2. The van der Waals surface area contributed by atoms with Crippen LogP contribution < -0.4 is 10.6 Å². The van der Waals surface area contributed by atoms with Crippen LogP contribution in [-0.4, -0.2) is 37.3 Å². The van der Waals surface area contributed by atoms with Crippen molar-refractivity contribution in [2.75, 3.05) is 13.2 Å². The first-order valence-corrected chi connectivity index (χ1v) is 5.67. The molecular weight excluding hydrogens is 240 g/mol. The fourth-order valence-electron chi connectivity index (χ4n) is 1.43. The third-order valence-electron chi connectivity index (χ3n) is 2.29. The number of ether oxygens (including phenoxy) is 2. The lowest BCUT2D eigenvalue weighted by atomic mass is 10.1. The molecule has 1 rings (SSSR count). The van der Waals surface area contributed by atoms with Crippen molar-refractivity contribution >= 4 is 18.2 Å². The average Bonchev–Trinajstić information content (AvgIpc) is 2.65. The molecule has 0 radical (unpaired) electrons. The average molecular weight is 256 g/mol. The highest BCUT2D eigenvalue weighted by Crippen LogP contribution is 2.08. The Morgan fingerprint density at radius 2 is 2.28 bits per heavy atom. The van der Waals surface area contributed by atoms with Gasteiger partial charge in [0.1, 0.15) is 12.6 Å². The Labute approximate surface area is 105 Å². The maximum absolute atomic E-state index is 11.1. The molecule has 0 aliphatic carbocycles. The van der Waals surface area contributed by atoms with E-state index in [1.165, 1.54) is 6.08 Å². The number of hydrogen-bond acceptors (Lipinski definition) is 5. The van der Waals surface area contributed by atoms with Gasteiger partial charge in [0.25, 0.3) is 0 Å². The second kappa shape index (κ2) is 7.31. The van der Waals surface area contributed by atoms with E-state index in [1.807, 2.05) is 0 Å². The Morgan fingerprint density at radius 1 is 1.50 bits per heavy atom. The molecule has 0 aromatic carbocycles. The molecule has 1 saturated heterocycles. The molecule has 18 heavy (non-hydrogen) atoms. The summed E-state index contributed by atoms with van der Waals surface area (Å²) in [6.07, 6.45) is 2.15. The van der Waals surface area contributed by atoms with Gasteiger partial charge in [-0.15, -0.1) is 0 Å². The van der Waals surface area contributed by atoms with E-state index in [2.05, 4.69) is 21.9 Å². The van der Waals surface area contributed by atoms with Crippen LogP contribution in [0, 0.1) is 0 Å². The van der Waals surface area contributed by atoms with Crippen molar-refractivity contribution in [3.63, 3.8) is 0 Å². The van der Waals surface area contributed by atoms with Crippen molar-refractivity contribution in [2.45, 2.75) is 25.3 Å². The Morgan fingerprint density at radius 3 is 2.89 bits per heavy atom. The number of esters is 1. The maximum atomic E-state index is 11.1. The molecule has 0 unspecified atom stereocenters. The summed E-state index contributed by atoms with van der Waals surface area (Å²) in [5.74, 6) is -0.543. The standard InChI is InChI=1S/C11H16N2O5/c1-2-7-17-10(15)12-6-4-3-5-8-9(14)18-11(16)13-8/h2,8H,1,3-7H2,(H,12,15)(H,13,16)/t8-/m0/s1. The van der Waals surface area contributed by atoms with E-state index in [1.54, 1.807) is 0 Å². The Hall–Kier alpha value is -2.05. The summed E-state index contributed by atoms with van der Waals surface area (Å²) in [7, 11) is 0. The lowest BCUT2D eigenvalue weighted by molar-refractivity contribution is -0.135. The third-order valence-corrected chi connectivity index (χ3v) is 2.29. The topological polar surface area (TPSA) is 93.7 Å². The quantitative estimate of drug-likeness (QED) is 0.303. The molecular formula is C11H16N2O5. The zero-order chi connectivity index (χ0) is 13.4. The van der Waals surface area contributed by atoms with Crippen molar-refractivity contribution in [1.29, 1.82) is 0 Å². The Kier molecular flexibility index (Phi) is 5.69. The molecule has 0 spiro atoms.